The Balaban J connectivity index is 2.46. The zero-order chi connectivity index (χ0) is 15.6. The quantitative estimate of drug-likeness (QED) is 0.870. The minimum atomic E-state index is -4.32. The molecule has 0 aliphatic rings. The molecule has 0 amide bonds. The van der Waals surface area contributed by atoms with Crippen molar-refractivity contribution in [2.24, 2.45) is 0 Å². The van der Waals surface area contributed by atoms with E-state index in [0.29, 0.717) is 5.56 Å². The van der Waals surface area contributed by atoms with Gasteiger partial charge in [0.05, 0.1) is 11.6 Å². The molecule has 2 rings (SSSR count). The average molecular weight is 293 g/mol. The summed E-state index contributed by atoms with van der Waals surface area (Å²) in [6.07, 6.45) is -4.32. The highest BCUT2D eigenvalue weighted by atomic mass is 19.4. The molecule has 0 spiro atoms. The van der Waals surface area contributed by atoms with Crippen LogP contribution in [-0.2, 0) is 6.18 Å². The van der Waals surface area contributed by atoms with Crippen LogP contribution in [0.3, 0.4) is 0 Å². The van der Waals surface area contributed by atoms with Gasteiger partial charge in [0.2, 0.25) is 0 Å². The molecule has 0 saturated heterocycles. The Morgan fingerprint density at radius 1 is 0.905 bits per heavy atom. The third-order valence-corrected chi connectivity index (χ3v) is 3.41. The lowest BCUT2D eigenvalue weighted by Gasteiger charge is -2.20. The lowest BCUT2D eigenvalue weighted by Crippen LogP contribution is -2.18. The summed E-state index contributed by atoms with van der Waals surface area (Å²) < 4.78 is 38.5. The van der Waals surface area contributed by atoms with E-state index in [1.807, 2.05) is 32.0 Å². The van der Waals surface area contributed by atoms with E-state index in [-0.39, 0.29) is 6.04 Å². The molecule has 0 fully saturated rings. The molecule has 0 bridgehead atoms. The third-order valence-electron chi connectivity index (χ3n) is 3.41. The van der Waals surface area contributed by atoms with Gasteiger partial charge in [0, 0.05) is 0 Å². The van der Waals surface area contributed by atoms with Crippen LogP contribution in [0.25, 0.3) is 0 Å². The fourth-order valence-corrected chi connectivity index (χ4v) is 2.60. The summed E-state index contributed by atoms with van der Waals surface area (Å²) >= 11 is 0. The van der Waals surface area contributed by atoms with Crippen molar-refractivity contribution in [3.8, 4) is 0 Å². The predicted octanol–water partition coefficient (Wildman–Crippen LogP) is 4.63. The van der Waals surface area contributed by atoms with Crippen LogP contribution in [0.5, 0.6) is 0 Å². The first kappa shape index (κ1) is 15.6. The van der Waals surface area contributed by atoms with E-state index in [2.05, 4.69) is 5.32 Å². The van der Waals surface area contributed by atoms with Crippen LogP contribution in [0.2, 0.25) is 0 Å². The highest BCUT2D eigenvalue weighted by Crippen LogP contribution is 2.32. The van der Waals surface area contributed by atoms with Gasteiger partial charge < -0.3 is 5.32 Å². The van der Waals surface area contributed by atoms with Crippen molar-refractivity contribution in [2.75, 3.05) is 7.05 Å². The van der Waals surface area contributed by atoms with Crippen molar-refractivity contribution in [1.82, 2.24) is 5.32 Å². The lowest BCUT2D eigenvalue weighted by atomic mass is 9.94. The van der Waals surface area contributed by atoms with Gasteiger partial charge in [-0.3, -0.25) is 0 Å². The van der Waals surface area contributed by atoms with E-state index in [1.165, 1.54) is 12.1 Å². The van der Waals surface area contributed by atoms with Gasteiger partial charge in [-0.2, -0.15) is 13.2 Å². The molecule has 21 heavy (non-hydrogen) atoms. The SMILES string of the molecule is CNC(c1cc(C)cc(C)c1)c1cccc(C(F)(F)F)c1. The molecule has 112 valence electrons. The molecule has 0 radical (unpaired) electrons. The summed E-state index contributed by atoms with van der Waals surface area (Å²) in [7, 11) is 1.75. The molecule has 0 aliphatic carbocycles. The Morgan fingerprint density at radius 2 is 1.52 bits per heavy atom. The zero-order valence-electron chi connectivity index (χ0n) is 12.3. The number of nitrogens with one attached hydrogen (secondary N) is 1. The van der Waals surface area contributed by atoms with E-state index in [1.54, 1.807) is 13.1 Å². The number of rotatable bonds is 3. The third kappa shape index (κ3) is 3.64. The van der Waals surface area contributed by atoms with Crippen molar-refractivity contribution in [3.05, 3.63) is 70.3 Å². The van der Waals surface area contributed by atoms with Gasteiger partial charge in [-0.1, -0.05) is 41.5 Å². The maximum absolute atomic E-state index is 12.8. The first-order valence-electron chi connectivity index (χ1n) is 6.74. The summed E-state index contributed by atoms with van der Waals surface area (Å²) in [6.45, 7) is 3.96. The summed E-state index contributed by atoms with van der Waals surface area (Å²) in [4.78, 5) is 0. The molecule has 0 aliphatic heterocycles. The molecule has 1 nitrogen and oxygen atoms in total. The lowest BCUT2D eigenvalue weighted by molar-refractivity contribution is -0.137. The number of benzene rings is 2. The fourth-order valence-electron chi connectivity index (χ4n) is 2.60. The number of hydrogen-bond acceptors (Lipinski definition) is 1. The second kappa shape index (κ2) is 5.90. The maximum atomic E-state index is 12.8. The van der Waals surface area contributed by atoms with E-state index in [9.17, 15) is 13.2 Å². The van der Waals surface area contributed by atoms with Crippen LogP contribution < -0.4 is 5.32 Å². The molecule has 0 saturated carbocycles. The van der Waals surface area contributed by atoms with Crippen LogP contribution in [-0.4, -0.2) is 7.05 Å². The van der Waals surface area contributed by atoms with Crippen LogP contribution in [0, 0.1) is 13.8 Å². The maximum Gasteiger partial charge on any atom is 0.416 e. The topological polar surface area (TPSA) is 12.0 Å². The molecule has 2 aromatic rings. The largest absolute Gasteiger partial charge is 0.416 e. The van der Waals surface area contributed by atoms with Gasteiger partial charge in [-0.05, 0) is 44.2 Å². The van der Waals surface area contributed by atoms with E-state index >= 15 is 0 Å². The Morgan fingerprint density at radius 3 is 2.05 bits per heavy atom. The standard InChI is InChI=1S/C17H18F3N/c1-11-7-12(2)9-14(8-11)16(21-3)13-5-4-6-15(10-13)17(18,19)20/h4-10,16,21H,1-3H3. The molecule has 4 heteroatoms. The molecule has 1 unspecified atom stereocenters. The monoisotopic (exact) mass is 293 g/mol. The second-order valence-electron chi connectivity index (χ2n) is 5.27. The smallest absolute Gasteiger partial charge is 0.309 e. The Hall–Kier alpha value is -1.81. The van der Waals surface area contributed by atoms with Gasteiger partial charge in [0.25, 0.3) is 0 Å². The summed E-state index contributed by atoms with van der Waals surface area (Å²) in [5.74, 6) is 0. The molecule has 0 heterocycles. The molecule has 1 atom stereocenters. The summed E-state index contributed by atoms with van der Waals surface area (Å²) in [5.41, 5.74) is 3.14. The van der Waals surface area contributed by atoms with E-state index in [4.69, 9.17) is 0 Å². The minimum Gasteiger partial charge on any atom is -0.309 e. The van der Waals surface area contributed by atoms with Crippen molar-refractivity contribution in [3.63, 3.8) is 0 Å². The Kier molecular flexibility index (Phi) is 4.37. The predicted molar refractivity (Wildman–Crippen MR) is 78.3 cm³/mol. The van der Waals surface area contributed by atoms with Gasteiger partial charge in [-0.25, -0.2) is 0 Å². The van der Waals surface area contributed by atoms with Crippen LogP contribution >= 0.6 is 0 Å². The zero-order valence-corrected chi connectivity index (χ0v) is 12.3. The second-order valence-corrected chi connectivity index (χ2v) is 5.27. The van der Waals surface area contributed by atoms with Gasteiger partial charge in [0.15, 0.2) is 0 Å². The van der Waals surface area contributed by atoms with Crippen molar-refractivity contribution < 1.29 is 13.2 Å². The van der Waals surface area contributed by atoms with Gasteiger partial charge in [-0.15, -0.1) is 0 Å². The normalized spacial score (nSPS) is 13.2. The number of alkyl halides is 3. The fraction of sp³-hybridized carbons (Fsp3) is 0.294. The highest BCUT2D eigenvalue weighted by Gasteiger charge is 2.31. The Bertz CT molecular complexity index is 612. The van der Waals surface area contributed by atoms with Crippen molar-refractivity contribution in [1.29, 1.82) is 0 Å². The van der Waals surface area contributed by atoms with Gasteiger partial charge in [0.1, 0.15) is 0 Å². The van der Waals surface area contributed by atoms with Crippen LogP contribution in [0.4, 0.5) is 13.2 Å². The van der Waals surface area contributed by atoms with Crippen molar-refractivity contribution in [2.45, 2.75) is 26.1 Å². The van der Waals surface area contributed by atoms with Crippen molar-refractivity contribution >= 4 is 0 Å². The molecule has 0 aromatic heterocycles. The van der Waals surface area contributed by atoms with Gasteiger partial charge >= 0.3 is 6.18 Å². The van der Waals surface area contributed by atoms with Crippen LogP contribution in [0.15, 0.2) is 42.5 Å². The molecule has 2 aromatic carbocycles. The summed E-state index contributed by atoms with van der Waals surface area (Å²) in [6, 6.07) is 11.2. The number of hydrogen-bond donors (Lipinski definition) is 1. The first-order valence-corrected chi connectivity index (χ1v) is 6.74. The minimum absolute atomic E-state index is 0.258. The number of halogens is 3. The van der Waals surface area contributed by atoms with E-state index in [0.717, 1.165) is 22.8 Å². The highest BCUT2D eigenvalue weighted by molar-refractivity contribution is 5.38. The number of aryl methyl sites for hydroxylation is 2. The molecular formula is C17H18F3N. The Labute approximate surface area is 122 Å². The van der Waals surface area contributed by atoms with E-state index < -0.39 is 11.7 Å². The molecule has 1 N–H and O–H groups in total. The first-order chi connectivity index (χ1) is 9.81. The molecular weight excluding hydrogens is 275 g/mol. The average Bonchev–Trinajstić information content (AvgIpc) is 2.38. The summed E-state index contributed by atoms with van der Waals surface area (Å²) in [5, 5.41) is 3.10. The van der Waals surface area contributed by atoms with Crippen LogP contribution in [0.1, 0.15) is 33.9 Å².